The summed E-state index contributed by atoms with van der Waals surface area (Å²) in [5.41, 5.74) is 0. The number of amides is 1. The topological polar surface area (TPSA) is 78.5 Å². The Kier molecular flexibility index (Phi) is 9.89. The molecule has 26 heavy (non-hydrogen) atoms. The van der Waals surface area contributed by atoms with Crippen molar-refractivity contribution in [2.24, 2.45) is 5.92 Å². The molecule has 2 rings (SSSR count). The predicted octanol–water partition coefficient (Wildman–Crippen LogP) is 2.28. The van der Waals surface area contributed by atoms with Crippen LogP contribution in [-0.4, -0.2) is 52.5 Å². The maximum Gasteiger partial charge on any atom is 0.240 e. The van der Waals surface area contributed by atoms with Crippen molar-refractivity contribution in [3.8, 4) is 0 Å². The summed E-state index contributed by atoms with van der Waals surface area (Å²) in [6, 6.07) is 6.07. The van der Waals surface area contributed by atoms with Gasteiger partial charge in [0.1, 0.15) is 0 Å². The SMILES string of the molecule is CNCCC1CCN(C(=O)CCNS(=O)(=O)c2cccc(Cl)c2)CC1.Cl. The fourth-order valence-corrected chi connectivity index (χ4v) is 4.32. The van der Waals surface area contributed by atoms with Crippen molar-refractivity contribution in [2.45, 2.75) is 30.6 Å². The van der Waals surface area contributed by atoms with Crippen LogP contribution in [-0.2, 0) is 14.8 Å². The Hall–Kier alpha value is -0.860. The minimum Gasteiger partial charge on any atom is -0.343 e. The van der Waals surface area contributed by atoms with E-state index in [9.17, 15) is 13.2 Å². The van der Waals surface area contributed by atoms with Crippen LogP contribution in [0, 0.1) is 5.92 Å². The zero-order chi connectivity index (χ0) is 18.3. The van der Waals surface area contributed by atoms with E-state index in [-0.39, 0.29) is 36.2 Å². The molecule has 1 aromatic carbocycles. The van der Waals surface area contributed by atoms with Gasteiger partial charge in [0, 0.05) is 31.1 Å². The van der Waals surface area contributed by atoms with Crippen LogP contribution in [0.15, 0.2) is 29.2 Å². The van der Waals surface area contributed by atoms with E-state index >= 15 is 0 Å². The molecule has 1 amide bonds. The molecule has 0 bridgehead atoms. The van der Waals surface area contributed by atoms with Crippen LogP contribution in [0.2, 0.25) is 5.02 Å². The molecule has 0 aliphatic carbocycles. The summed E-state index contributed by atoms with van der Waals surface area (Å²) in [5.74, 6) is 0.665. The lowest BCUT2D eigenvalue weighted by molar-refractivity contribution is -0.132. The van der Waals surface area contributed by atoms with Gasteiger partial charge in [-0.2, -0.15) is 0 Å². The van der Waals surface area contributed by atoms with E-state index in [2.05, 4.69) is 10.0 Å². The fraction of sp³-hybridized carbons (Fsp3) is 0.588. The number of benzene rings is 1. The van der Waals surface area contributed by atoms with E-state index < -0.39 is 10.0 Å². The van der Waals surface area contributed by atoms with E-state index in [1.54, 1.807) is 12.1 Å². The highest BCUT2D eigenvalue weighted by Gasteiger charge is 2.22. The number of halogens is 2. The number of nitrogens with one attached hydrogen (secondary N) is 2. The number of nitrogens with zero attached hydrogens (tertiary/aromatic N) is 1. The minimum atomic E-state index is -3.64. The fourth-order valence-electron chi connectivity index (χ4n) is 2.99. The Bertz CT molecular complexity index is 678. The van der Waals surface area contributed by atoms with Gasteiger partial charge in [0.2, 0.25) is 15.9 Å². The number of sulfonamides is 1. The molecule has 1 heterocycles. The van der Waals surface area contributed by atoms with Crippen molar-refractivity contribution in [1.29, 1.82) is 0 Å². The van der Waals surface area contributed by atoms with Crippen molar-refractivity contribution in [2.75, 3.05) is 33.2 Å². The number of hydrogen-bond acceptors (Lipinski definition) is 4. The second-order valence-corrected chi connectivity index (χ2v) is 8.52. The van der Waals surface area contributed by atoms with Crippen LogP contribution in [0.5, 0.6) is 0 Å². The monoisotopic (exact) mass is 423 g/mol. The van der Waals surface area contributed by atoms with E-state index in [1.807, 2.05) is 11.9 Å². The third kappa shape index (κ3) is 7.04. The van der Waals surface area contributed by atoms with Gasteiger partial charge in [-0.1, -0.05) is 17.7 Å². The molecule has 148 valence electrons. The van der Waals surface area contributed by atoms with Crippen LogP contribution in [0.1, 0.15) is 25.7 Å². The number of piperidine rings is 1. The van der Waals surface area contributed by atoms with Gasteiger partial charge >= 0.3 is 0 Å². The standard InChI is InChI=1S/C17H26ClN3O3S.ClH/c1-19-9-5-14-7-11-21(12-8-14)17(22)6-10-20-25(23,24)16-4-2-3-15(18)13-16;/h2-4,13-14,19-20H,5-12H2,1H3;1H. The molecule has 2 N–H and O–H groups in total. The first-order valence-corrected chi connectivity index (χ1v) is 10.5. The van der Waals surface area contributed by atoms with Crippen LogP contribution >= 0.6 is 24.0 Å². The highest BCUT2D eigenvalue weighted by molar-refractivity contribution is 7.89. The normalized spacial score (nSPS) is 15.5. The van der Waals surface area contributed by atoms with Crippen molar-refractivity contribution in [1.82, 2.24) is 14.9 Å². The molecular weight excluding hydrogens is 397 g/mol. The molecule has 0 atom stereocenters. The molecule has 0 radical (unpaired) electrons. The van der Waals surface area contributed by atoms with Crippen molar-refractivity contribution < 1.29 is 13.2 Å². The number of carbonyl (C=O) groups is 1. The molecule has 1 aromatic rings. The number of hydrogen-bond donors (Lipinski definition) is 2. The van der Waals surface area contributed by atoms with Crippen LogP contribution in [0.4, 0.5) is 0 Å². The zero-order valence-electron chi connectivity index (χ0n) is 14.9. The number of likely N-dealkylation sites (tertiary alicyclic amines) is 1. The van der Waals surface area contributed by atoms with Crippen molar-refractivity contribution in [3.05, 3.63) is 29.3 Å². The van der Waals surface area contributed by atoms with E-state index in [0.717, 1.165) is 38.9 Å². The zero-order valence-corrected chi connectivity index (χ0v) is 17.3. The van der Waals surface area contributed by atoms with Gasteiger partial charge in [-0.05, 0) is 57.0 Å². The second-order valence-electron chi connectivity index (χ2n) is 6.32. The summed E-state index contributed by atoms with van der Waals surface area (Å²) in [7, 11) is -1.69. The smallest absolute Gasteiger partial charge is 0.240 e. The first kappa shape index (κ1) is 23.2. The summed E-state index contributed by atoms with van der Waals surface area (Å²) in [5, 5.41) is 3.52. The Balaban J connectivity index is 0.00000338. The second kappa shape index (κ2) is 11.1. The highest BCUT2D eigenvalue weighted by atomic mass is 35.5. The molecule has 6 nitrogen and oxygen atoms in total. The largest absolute Gasteiger partial charge is 0.343 e. The van der Waals surface area contributed by atoms with E-state index in [1.165, 1.54) is 12.1 Å². The van der Waals surface area contributed by atoms with E-state index in [4.69, 9.17) is 11.6 Å². The molecule has 1 fully saturated rings. The van der Waals surface area contributed by atoms with Gasteiger partial charge in [0.05, 0.1) is 4.90 Å². The molecular formula is C17H27Cl2N3O3S. The lowest BCUT2D eigenvalue weighted by atomic mass is 9.93. The average Bonchev–Trinajstić information content (AvgIpc) is 2.60. The first-order chi connectivity index (χ1) is 11.9. The summed E-state index contributed by atoms with van der Waals surface area (Å²) in [6.07, 6.45) is 3.34. The highest BCUT2D eigenvalue weighted by Crippen LogP contribution is 2.20. The van der Waals surface area contributed by atoms with Crippen LogP contribution < -0.4 is 10.0 Å². The average molecular weight is 424 g/mol. The van der Waals surface area contributed by atoms with E-state index in [0.29, 0.717) is 10.9 Å². The maximum atomic E-state index is 12.3. The van der Waals surface area contributed by atoms with Crippen molar-refractivity contribution >= 4 is 39.9 Å². The summed E-state index contributed by atoms with van der Waals surface area (Å²) >= 11 is 5.82. The number of carbonyl (C=O) groups excluding carboxylic acids is 1. The van der Waals surface area contributed by atoms with Gasteiger partial charge in [0.25, 0.3) is 0 Å². The van der Waals surface area contributed by atoms with Gasteiger partial charge < -0.3 is 10.2 Å². The molecule has 9 heteroatoms. The van der Waals surface area contributed by atoms with Crippen molar-refractivity contribution in [3.63, 3.8) is 0 Å². The maximum absolute atomic E-state index is 12.3. The van der Waals surface area contributed by atoms with Gasteiger partial charge in [-0.3, -0.25) is 4.79 Å². The minimum absolute atomic E-state index is 0. The molecule has 0 unspecified atom stereocenters. The molecule has 1 aliphatic rings. The Morgan fingerprint density at radius 1 is 1.27 bits per heavy atom. The molecule has 1 saturated heterocycles. The van der Waals surface area contributed by atoms with Crippen LogP contribution in [0.25, 0.3) is 0 Å². The Labute approximate surface area is 167 Å². The summed E-state index contributed by atoms with van der Waals surface area (Å²) in [6.45, 7) is 2.61. The number of rotatable bonds is 8. The summed E-state index contributed by atoms with van der Waals surface area (Å²) in [4.78, 5) is 14.2. The summed E-state index contributed by atoms with van der Waals surface area (Å²) < 4.78 is 26.8. The van der Waals surface area contributed by atoms with Gasteiger partial charge in [-0.25, -0.2) is 13.1 Å². The third-order valence-corrected chi connectivity index (χ3v) is 6.20. The molecule has 0 aromatic heterocycles. The lowest BCUT2D eigenvalue weighted by Crippen LogP contribution is -2.40. The Morgan fingerprint density at radius 2 is 1.96 bits per heavy atom. The molecule has 0 spiro atoms. The van der Waals surface area contributed by atoms with Gasteiger partial charge in [0.15, 0.2) is 0 Å². The molecule has 0 saturated carbocycles. The quantitative estimate of drug-likeness (QED) is 0.671. The van der Waals surface area contributed by atoms with Gasteiger partial charge in [-0.15, -0.1) is 12.4 Å². The lowest BCUT2D eigenvalue weighted by Gasteiger charge is -2.32. The third-order valence-electron chi connectivity index (χ3n) is 4.51. The Morgan fingerprint density at radius 3 is 2.58 bits per heavy atom. The molecule has 1 aliphatic heterocycles. The van der Waals surface area contributed by atoms with Crippen LogP contribution in [0.3, 0.4) is 0 Å². The first-order valence-electron chi connectivity index (χ1n) is 8.60. The predicted molar refractivity (Wildman–Crippen MR) is 106 cm³/mol.